The van der Waals surface area contributed by atoms with Crippen LogP contribution in [0.4, 0.5) is 5.69 Å². The number of nitrogen functional groups attached to an aromatic ring is 1. The minimum Gasteiger partial charge on any atom is -0.397 e. The van der Waals surface area contributed by atoms with E-state index >= 15 is 0 Å². The van der Waals surface area contributed by atoms with Gasteiger partial charge in [0, 0.05) is 9.13 Å². The lowest BCUT2D eigenvalue weighted by Crippen LogP contribution is -1.97. The number of benzene rings is 1. The average molecular weight is 305 g/mol. The smallest absolute Gasteiger partial charge is 0.0712 e. The van der Waals surface area contributed by atoms with E-state index in [4.69, 9.17) is 10.8 Å². The van der Waals surface area contributed by atoms with Gasteiger partial charge in [-0.05, 0) is 45.5 Å². The Morgan fingerprint density at radius 2 is 2.31 bits per heavy atom. The van der Waals surface area contributed by atoms with Crippen LogP contribution in [0.25, 0.3) is 10.1 Å². The maximum atomic E-state index is 9.12. The molecule has 0 spiro atoms. The Morgan fingerprint density at radius 1 is 1.54 bits per heavy atom. The van der Waals surface area contributed by atoms with E-state index < -0.39 is 0 Å². The molecule has 13 heavy (non-hydrogen) atoms. The first-order chi connectivity index (χ1) is 6.24. The molecule has 2 aromatic rings. The van der Waals surface area contributed by atoms with Crippen LogP contribution >= 0.6 is 33.9 Å². The molecular weight excluding hydrogens is 297 g/mol. The van der Waals surface area contributed by atoms with Gasteiger partial charge in [-0.25, -0.2) is 0 Å². The first-order valence-corrected chi connectivity index (χ1v) is 5.75. The van der Waals surface area contributed by atoms with E-state index in [-0.39, 0.29) is 6.61 Å². The van der Waals surface area contributed by atoms with Gasteiger partial charge in [0.05, 0.1) is 17.0 Å². The summed E-state index contributed by atoms with van der Waals surface area (Å²) in [7, 11) is 0. The number of hydrogen-bond donors (Lipinski definition) is 2. The summed E-state index contributed by atoms with van der Waals surface area (Å²) in [6.45, 7) is 0.0119. The molecule has 0 aliphatic carbocycles. The van der Waals surface area contributed by atoms with Crippen LogP contribution in [0, 0.1) is 3.57 Å². The van der Waals surface area contributed by atoms with Gasteiger partial charge in [0.2, 0.25) is 0 Å². The van der Waals surface area contributed by atoms with Crippen molar-refractivity contribution in [3.8, 4) is 0 Å². The number of halogens is 1. The Bertz CT molecular complexity index is 452. The number of fused-ring (bicyclic) bond motifs is 1. The zero-order valence-electron chi connectivity index (χ0n) is 6.75. The predicted molar refractivity (Wildman–Crippen MR) is 64.9 cm³/mol. The highest BCUT2D eigenvalue weighted by atomic mass is 127. The summed E-state index contributed by atoms with van der Waals surface area (Å²) in [6, 6.07) is 4.09. The standard InChI is InChI=1S/C9H8INOS/c10-7-3-5-1-2-13-9(5)8(11)6(7)4-12/h1-3,12H,4,11H2. The quantitative estimate of drug-likeness (QED) is 0.628. The van der Waals surface area contributed by atoms with Gasteiger partial charge in [-0.3, -0.25) is 0 Å². The largest absolute Gasteiger partial charge is 0.397 e. The van der Waals surface area contributed by atoms with Gasteiger partial charge in [0.1, 0.15) is 0 Å². The zero-order chi connectivity index (χ0) is 9.42. The van der Waals surface area contributed by atoms with Gasteiger partial charge in [-0.2, -0.15) is 0 Å². The number of anilines is 1. The molecule has 0 aliphatic heterocycles. The Hall–Kier alpha value is -0.330. The lowest BCUT2D eigenvalue weighted by Gasteiger charge is -2.06. The van der Waals surface area contributed by atoms with Crippen LogP contribution in [0.5, 0.6) is 0 Å². The monoisotopic (exact) mass is 305 g/mol. The third-order valence-electron chi connectivity index (χ3n) is 1.99. The summed E-state index contributed by atoms with van der Waals surface area (Å²) >= 11 is 3.81. The molecule has 0 amide bonds. The van der Waals surface area contributed by atoms with Crippen LogP contribution in [-0.4, -0.2) is 5.11 Å². The molecule has 0 atom stereocenters. The number of aliphatic hydroxyl groups excluding tert-OH is 1. The molecule has 3 N–H and O–H groups in total. The molecule has 2 nitrogen and oxygen atoms in total. The summed E-state index contributed by atoms with van der Waals surface area (Å²) in [5.74, 6) is 0. The van der Waals surface area contributed by atoms with Gasteiger partial charge >= 0.3 is 0 Å². The Balaban J connectivity index is 2.85. The molecular formula is C9H8INOS. The fourth-order valence-electron chi connectivity index (χ4n) is 1.30. The summed E-state index contributed by atoms with van der Waals surface area (Å²) < 4.78 is 2.10. The highest BCUT2D eigenvalue weighted by Gasteiger charge is 2.08. The van der Waals surface area contributed by atoms with Gasteiger partial charge in [0.25, 0.3) is 0 Å². The van der Waals surface area contributed by atoms with Crippen LogP contribution in [0.3, 0.4) is 0 Å². The lowest BCUT2D eigenvalue weighted by molar-refractivity contribution is 0.282. The molecule has 1 aromatic heterocycles. The van der Waals surface area contributed by atoms with E-state index in [0.717, 1.165) is 24.9 Å². The normalized spacial score (nSPS) is 10.9. The van der Waals surface area contributed by atoms with E-state index in [0.29, 0.717) is 0 Å². The molecule has 0 bridgehead atoms. The second-order valence-corrected chi connectivity index (χ2v) is 4.83. The van der Waals surface area contributed by atoms with Crippen LogP contribution in [0.2, 0.25) is 0 Å². The molecule has 0 saturated heterocycles. The number of aliphatic hydroxyl groups is 1. The lowest BCUT2D eigenvalue weighted by atomic mass is 10.1. The Labute approximate surface area is 93.5 Å². The maximum absolute atomic E-state index is 9.12. The minimum atomic E-state index is 0.0119. The third kappa shape index (κ3) is 1.43. The zero-order valence-corrected chi connectivity index (χ0v) is 9.72. The number of hydrogen-bond acceptors (Lipinski definition) is 3. The fourth-order valence-corrected chi connectivity index (χ4v) is 2.96. The van der Waals surface area contributed by atoms with Crippen molar-refractivity contribution in [2.45, 2.75) is 6.61 Å². The van der Waals surface area contributed by atoms with E-state index in [2.05, 4.69) is 22.6 Å². The molecule has 0 saturated carbocycles. The minimum absolute atomic E-state index is 0.0119. The second-order valence-electron chi connectivity index (χ2n) is 2.75. The van der Waals surface area contributed by atoms with Crippen molar-refractivity contribution < 1.29 is 5.11 Å². The van der Waals surface area contributed by atoms with Crippen molar-refractivity contribution in [3.63, 3.8) is 0 Å². The molecule has 1 heterocycles. The predicted octanol–water partition coefficient (Wildman–Crippen LogP) is 2.58. The van der Waals surface area contributed by atoms with Crippen LogP contribution in [-0.2, 0) is 6.61 Å². The van der Waals surface area contributed by atoms with E-state index in [1.54, 1.807) is 11.3 Å². The highest BCUT2D eigenvalue weighted by Crippen LogP contribution is 2.32. The molecule has 0 fully saturated rings. The third-order valence-corrected chi connectivity index (χ3v) is 3.92. The Morgan fingerprint density at radius 3 is 3.00 bits per heavy atom. The second kappa shape index (κ2) is 3.43. The molecule has 4 heteroatoms. The maximum Gasteiger partial charge on any atom is 0.0712 e. The number of thiophene rings is 1. The SMILES string of the molecule is Nc1c(CO)c(I)cc2ccsc12. The topological polar surface area (TPSA) is 46.2 Å². The van der Waals surface area contributed by atoms with Crippen molar-refractivity contribution in [2.24, 2.45) is 0 Å². The van der Waals surface area contributed by atoms with Crippen LogP contribution in [0.1, 0.15) is 5.56 Å². The fraction of sp³-hybridized carbons (Fsp3) is 0.111. The van der Waals surface area contributed by atoms with E-state index in [9.17, 15) is 0 Å². The van der Waals surface area contributed by atoms with Gasteiger partial charge < -0.3 is 10.8 Å². The van der Waals surface area contributed by atoms with Gasteiger partial charge in [-0.1, -0.05) is 0 Å². The summed E-state index contributed by atoms with van der Waals surface area (Å²) in [4.78, 5) is 0. The van der Waals surface area contributed by atoms with Crippen molar-refractivity contribution in [1.29, 1.82) is 0 Å². The molecule has 0 unspecified atom stereocenters. The van der Waals surface area contributed by atoms with Crippen LogP contribution in [0.15, 0.2) is 17.5 Å². The Kier molecular flexibility index (Phi) is 2.44. The average Bonchev–Trinajstić information content (AvgIpc) is 2.53. The molecule has 2 rings (SSSR count). The number of nitrogens with two attached hydrogens (primary N) is 1. The molecule has 0 radical (unpaired) electrons. The van der Waals surface area contributed by atoms with Crippen molar-refractivity contribution in [3.05, 3.63) is 26.6 Å². The highest BCUT2D eigenvalue weighted by molar-refractivity contribution is 14.1. The van der Waals surface area contributed by atoms with Crippen molar-refractivity contribution >= 4 is 49.7 Å². The van der Waals surface area contributed by atoms with E-state index in [1.807, 2.05) is 17.5 Å². The first-order valence-electron chi connectivity index (χ1n) is 3.79. The first kappa shape index (κ1) is 9.23. The summed E-state index contributed by atoms with van der Waals surface area (Å²) in [5, 5.41) is 12.3. The van der Waals surface area contributed by atoms with Crippen molar-refractivity contribution in [1.82, 2.24) is 0 Å². The van der Waals surface area contributed by atoms with Gasteiger partial charge in [0.15, 0.2) is 0 Å². The number of rotatable bonds is 1. The summed E-state index contributed by atoms with van der Waals surface area (Å²) in [6.07, 6.45) is 0. The van der Waals surface area contributed by atoms with Crippen molar-refractivity contribution in [2.75, 3.05) is 5.73 Å². The molecule has 0 aliphatic rings. The molecule has 1 aromatic carbocycles. The summed E-state index contributed by atoms with van der Waals surface area (Å²) in [5.41, 5.74) is 7.49. The van der Waals surface area contributed by atoms with E-state index in [1.165, 1.54) is 0 Å². The van der Waals surface area contributed by atoms with Crippen LogP contribution < -0.4 is 5.73 Å². The molecule has 68 valence electrons. The van der Waals surface area contributed by atoms with Gasteiger partial charge in [-0.15, -0.1) is 11.3 Å².